The molecule has 0 atom stereocenters. The number of hydrogen-bond acceptors (Lipinski definition) is 3. The number of nitrogens with zero attached hydrogens (tertiary/aromatic N) is 3. The van der Waals surface area contributed by atoms with Gasteiger partial charge in [0, 0.05) is 22.8 Å². The van der Waals surface area contributed by atoms with Gasteiger partial charge in [0.15, 0.2) is 0 Å². The summed E-state index contributed by atoms with van der Waals surface area (Å²) in [6, 6.07) is 24.3. The summed E-state index contributed by atoms with van der Waals surface area (Å²) in [5.74, 6) is 0.409. The molecule has 1 aromatic heterocycles. The van der Waals surface area contributed by atoms with Crippen LogP contribution in [-0.4, -0.2) is 39.7 Å². The molecule has 0 aliphatic carbocycles. The number of benzene rings is 3. The van der Waals surface area contributed by atoms with Gasteiger partial charge in [0.25, 0.3) is 0 Å². The zero-order chi connectivity index (χ0) is 27.2. The zero-order valence-corrected chi connectivity index (χ0v) is 22.8. The van der Waals surface area contributed by atoms with Crippen molar-refractivity contribution in [2.75, 3.05) is 23.7 Å². The summed E-state index contributed by atoms with van der Waals surface area (Å²) >= 11 is 5.97. The lowest BCUT2D eigenvalue weighted by atomic mass is 10.1. The highest BCUT2D eigenvalue weighted by molar-refractivity contribution is 6.30. The van der Waals surface area contributed by atoms with Crippen molar-refractivity contribution >= 4 is 35.0 Å². The second-order valence-electron chi connectivity index (χ2n) is 9.68. The molecule has 4 aromatic rings. The Balaban J connectivity index is 1.63. The minimum Gasteiger partial charge on any atom is -0.315 e. The maximum Gasteiger partial charge on any atom is 0.322 e. The van der Waals surface area contributed by atoms with Gasteiger partial charge in [-0.2, -0.15) is 5.10 Å². The van der Waals surface area contributed by atoms with Crippen molar-refractivity contribution in [3.05, 3.63) is 95.1 Å². The van der Waals surface area contributed by atoms with E-state index >= 15 is 0 Å². The topological polar surface area (TPSA) is 79.3 Å². The summed E-state index contributed by atoms with van der Waals surface area (Å²) in [4.78, 5) is 28.1. The number of carbonyl (C=O) groups excluding carboxylic acids is 2. The van der Waals surface area contributed by atoms with Crippen molar-refractivity contribution in [3.63, 3.8) is 0 Å². The Bertz CT molecular complexity index is 1400. The number of nitrogens with one attached hydrogen (secondary N) is 2. The van der Waals surface area contributed by atoms with Crippen LogP contribution in [0, 0.1) is 19.8 Å². The summed E-state index contributed by atoms with van der Waals surface area (Å²) in [6.07, 6.45) is 0. The minimum atomic E-state index is -0.359. The molecule has 0 aliphatic heterocycles. The molecular weight excluding hydrogens is 498 g/mol. The maximum absolute atomic E-state index is 13.4. The number of halogens is 1. The van der Waals surface area contributed by atoms with Gasteiger partial charge in [0.05, 0.1) is 11.4 Å². The molecule has 0 radical (unpaired) electrons. The van der Waals surface area contributed by atoms with Crippen molar-refractivity contribution in [1.82, 2.24) is 14.7 Å². The van der Waals surface area contributed by atoms with Crippen LogP contribution in [0.2, 0.25) is 5.02 Å². The predicted molar refractivity (Wildman–Crippen MR) is 154 cm³/mol. The fraction of sp³-hybridized carbons (Fsp3) is 0.233. The Hall–Kier alpha value is -4.10. The molecule has 38 heavy (non-hydrogen) atoms. The Labute approximate surface area is 228 Å². The first-order chi connectivity index (χ1) is 18.2. The molecule has 0 fully saturated rings. The van der Waals surface area contributed by atoms with Gasteiger partial charge >= 0.3 is 6.03 Å². The fourth-order valence-electron chi connectivity index (χ4n) is 4.21. The molecule has 3 amide bonds. The third-order valence-corrected chi connectivity index (χ3v) is 6.21. The summed E-state index contributed by atoms with van der Waals surface area (Å²) in [5.41, 5.74) is 5.12. The van der Waals surface area contributed by atoms with E-state index in [0.29, 0.717) is 23.1 Å². The van der Waals surface area contributed by atoms with Crippen molar-refractivity contribution in [2.45, 2.75) is 27.7 Å². The van der Waals surface area contributed by atoms with E-state index in [1.165, 1.54) is 4.90 Å². The molecule has 0 bridgehead atoms. The number of amides is 3. The van der Waals surface area contributed by atoms with E-state index in [2.05, 4.69) is 10.6 Å². The van der Waals surface area contributed by atoms with Crippen LogP contribution in [0.1, 0.15) is 25.1 Å². The summed E-state index contributed by atoms with van der Waals surface area (Å²) in [5, 5.41) is 11.3. The maximum atomic E-state index is 13.4. The van der Waals surface area contributed by atoms with Gasteiger partial charge in [0.2, 0.25) is 5.91 Å². The number of carbonyl (C=O) groups is 2. The molecular formula is C30H32ClN5O2. The molecule has 196 valence electrons. The van der Waals surface area contributed by atoms with Gasteiger partial charge in [-0.15, -0.1) is 0 Å². The fourth-order valence-corrected chi connectivity index (χ4v) is 4.33. The van der Waals surface area contributed by atoms with Gasteiger partial charge in [-0.25, -0.2) is 9.48 Å². The average molecular weight is 530 g/mol. The van der Waals surface area contributed by atoms with Gasteiger partial charge in [-0.1, -0.05) is 73.5 Å². The van der Waals surface area contributed by atoms with Crippen LogP contribution in [0.3, 0.4) is 0 Å². The Morgan fingerprint density at radius 1 is 0.921 bits per heavy atom. The summed E-state index contributed by atoms with van der Waals surface area (Å²) in [6.45, 7) is 8.24. The molecule has 0 aliphatic rings. The van der Waals surface area contributed by atoms with Crippen LogP contribution in [-0.2, 0) is 4.79 Å². The van der Waals surface area contributed by atoms with Gasteiger partial charge in [-0.05, 0) is 61.7 Å². The van der Waals surface area contributed by atoms with Gasteiger partial charge in [0.1, 0.15) is 12.4 Å². The summed E-state index contributed by atoms with van der Waals surface area (Å²) in [7, 11) is 0. The normalized spacial score (nSPS) is 10.9. The highest BCUT2D eigenvalue weighted by Crippen LogP contribution is 2.33. The predicted octanol–water partition coefficient (Wildman–Crippen LogP) is 6.94. The van der Waals surface area contributed by atoms with Crippen molar-refractivity contribution in [1.29, 1.82) is 0 Å². The first kappa shape index (κ1) is 26.9. The minimum absolute atomic E-state index is 0.121. The molecule has 0 saturated heterocycles. The van der Waals surface area contributed by atoms with E-state index in [1.54, 1.807) is 28.9 Å². The van der Waals surface area contributed by atoms with Crippen LogP contribution >= 0.6 is 11.6 Å². The second-order valence-corrected chi connectivity index (χ2v) is 10.1. The van der Waals surface area contributed by atoms with Crippen molar-refractivity contribution < 1.29 is 9.59 Å². The Morgan fingerprint density at radius 3 is 2.21 bits per heavy atom. The third-order valence-electron chi connectivity index (χ3n) is 5.96. The molecule has 4 rings (SSSR count). The van der Waals surface area contributed by atoms with E-state index < -0.39 is 0 Å². The lowest BCUT2D eigenvalue weighted by Crippen LogP contribution is -2.42. The zero-order valence-electron chi connectivity index (χ0n) is 22.0. The number of anilines is 2. The van der Waals surface area contributed by atoms with E-state index in [9.17, 15) is 9.59 Å². The number of aromatic nitrogens is 2. The third kappa shape index (κ3) is 6.61. The monoisotopic (exact) mass is 529 g/mol. The number of rotatable bonds is 8. The van der Waals surface area contributed by atoms with Crippen molar-refractivity contribution in [3.8, 4) is 16.8 Å². The highest BCUT2D eigenvalue weighted by Gasteiger charge is 2.23. The molecule has 0 saturated carbocycles. The number of aryl methyl sites for hydroxylation is 2. The smallest absolute Gasteiger partial charge is 0.315 e. The molecule has 0 spiro atoms. The lowest BCUT2D eigenvalue weighted by Gasteiger charge is -2.24. The van der Waals surface area contributed by atoms with Crippen LogP contribution in [0.25, 0.3) is 16.8 Å². The van der Waals surface area contributed by atoms with Gasteiger partial charge in [-0.3, -0.25) is 4.79 Å². The largest absolute Gasteiger partial charge is 0.322 e. The van der Waals surface area contributed by atoms with E-state index in [0.717, 1.165) is 28.1 Å². The van der Waals surface area contributed by atoms with Gasteiger partial charge < -0.3 is 15.5 Å². The number of hydrogen-bond donors (Lipinski definition) is 2. The van der Waals surface area contributed by atoms with Crippen molar-refractivity contribution in [2.24, 2.45) is 5.92 Å². The first-order valence-corrected chi connectivity index (χ1v) is 12.9. The molecule has 8 heteroatoms. The van der Waals surface area contributed by atoms with Crippen LogP contribution in [0.5, 0.6) is 0 Å². The quantitative estimate of drug-likeness (QED) is 0.259. The van der Waals surface area contributed by atoms with Crippen LogP contribution in [0.4, 0.5) is 16.3 Å². The number of urea groups is 1. The highest BCUT2D eigenvalue weighted by atomic mass is 35.5. The molecule has 0 unspecified atom stereocenters. The molecule has 1 heterocycles. The molecule has 3 aromatic carbocycles. The second kappa shape index (κ2) is 12.0. The Kier molecular flexibility index (Phi) is 8.48. The summed E-state index contributed by atoms with van der Waals surface area (Å²) < 4.78 is 1.75. The Morgan fingerprint density at radius 2 is 1.58 bits per heavy atom. The van der Waals surface area contributed by atoms with Crippen LogP contribution < -0.4 is 10.6 Å². The van der Waals surface area contributed by atoms with E-state index in [4.69, 9.17) is 16.7 Å². The lowest BCUT2D eigenvalue weighted by molar-refractivity contribution is -0.116. The van der Waals surface area contributed by atoms with E-state index in [1.807, 2.05) is 82.3 Å². The molecule has 2 N–H and O–H groups in total. The first-order valence-electron chi connectivity index (χ1n) is 12.5. The SMILES string of the molecule is Cc1ccc(-n2nc(C)c(-c3ccccc3)c2NC(=O)CN(CC(C)C)C(=O)Nc2ccc(Cl)cc2)cc1. The van der Waals surface area contributed by atoms with E-state index in [-0.39, 0.29) is 24.4 Å². The standard InChI is InChI=1S/C30H32ClN5O2/c1-20(2)18-35(30(38)32-25-14-12-24(31)13-15-25)19-27(37)33-29-28(23-8-6-5-7-9-23)22(4)34-36(29)26-16-10-21(3)11-17-26/h5-17,20H,18-19H2,1-4H3,(H,32,38)(H,33,37). The molecule has 7 nitrogen and oxygen atoms in total. The van der Waals surface area contributed by atoms with Crippen LogP contribution in [0.15, 0.2) is 78.9 Å². The average Bonchev–Trinajstić information content (AvgIpc) is 3.21.